The summed E-state index contributed by atoms with van der Waals surface area (Å²) in [6.07, 6.45) is 1.88. The molecule has 1 rings (SSSR count). The molecule has 0 heterocycles. The number of halogens is 1. The van der Waals surface area contributed by atoms with E-state index in [9.17, 15) is 9.90 Å². The van der Waals surface area contributed by atoms with Gasteiger partial charge >= 0.3 is 0 Å². The second-order valence-electron chi connectivity index (χ2n) is 2.87. The fourth-order valence-electron chi connectivity index (χ4n) is 1.17. The van der Waals surface area contributed by atoms with Crippen LogP contribution in [0.2, 0.25) is 0 Å². The average Bonchev–Trinajstić information content (AvgIpc) is 2.16. The van der Waals surface area contributed by atoms with Crippen LogP contribution in [-0.4, -0.2) is 17.1 Å². The molecule has 1 aromatic carbocycles. The number of phenolic OH excluding ortho intramolecular Hbond substituents is 1. The summed E-state index contributed by atoms with van der Waals surface area (Å²) in [6, 6.07) is 5.10. The summed E-state index contributed by atoms with van der Waals surface area (Å²) in [6.45, 7) is 1.41. The van der Waals surface area contributed by atoms with Crippen molar-refractivity contribution < 1.29 is 9.90 Å². The van der Waals surface area contributed by atoms with E-state index in [-0.39, 0.29) is 11.5 Å². The number of aromatic hydroxyl groups is 1. The Morgan fingerprint density at radius 2 is 2.21 bits per heavy atom. The number of Topliss-reactive ketones (excluding diaryl/α,β-unsaturated/α-hetero) is 1. The van der Waals surface area contributed by atoms with E-state index in [0.717, 1.165) is 4.90 Å². The third-order valence-corrected chi connectivity index (χ3v) is 3.19. The Labute approximate surface area is 92.3 Å². The molecule has 76 valence electrons. The molecular weight excluding hydrogens is 220 g/mol. The van der Waals surface area contributed by atoms with Gasteiger partial charge in [-0.1, -0.05) is 6.07 Å². The first-order valence-electron chi connectivity index (χ1n) is 4.08. The maximum absolute atomic E-state index is 11.1. The van der Waals surface area contributed by atoms with Crippen molar-refractivity contribution in [2.24, 2.45) is 0 Å². The highest BCUT2D eigenvalue weighted by Gasteiger charge is 2.20. The standard InChI is InChI=1S/C10H11ClO2S/c1-6(12)10(11)9-7(13)4-3-5-8(9)14-2/h3-5,10,13H,1-2H3. The Hall–Kier alpha value is -0.670. The zero-order valence-electron chi connectivity index (χ0n) is 7.95. The molecule has 1 N–H and O–H groups in total. The third-order valence-electron chi connectivity index (χ3n) is 1.87. The molecule has 0 radical (unpaired) electrons. The fraction of sp³-hybridized carbons (Fsp3) is 0.300. The molecule has 0 spiro atoms. The molecule has 1 unspecified atom stereocenters. The van der Waals surface area contributed by atoms with Crippen molar-refractivity contribution in [3.8, 4) is 5.75 Å². The van der Waals surface area contributed by atoms with Gasteiger partial charge in [0.15, 0.2) is 5.78 Å². The highest BCUT2D eigenvalue weighted by atomic mass is 35.5. The van der Waals surface area contributed by atoms with Crippen LogP contribution in [-0.2, 0) is 4.79 Å². The predicted octanol–water partition coefficient (Wildman–Crippen LogP) is 2.98. The highest BCUT2D eigenvalue weighted by molar-refractivity contribution is 7.98. The van der Waals surface area contributed by atoms with Crippen molar-refractivity contribution in [2.45, 2.75) is 17.2 Å². The zero-order chi connectivity index (χ0) is 10.7. The summed E-state index contributed by atoms with van der Waals surface area (Å²) in [5.74, 6) is -0.0875. The smallest absolute Gasteiger partial charge is 0.152 e. The van der Waals surface area contributed by atoms with Crippen molar-refractivity contribution in [1.29, 1.82) is 0 Å². The van der Waals surface area contributed by atoms with Crippen LogP contribution >= 0.6 is 23.4 Å². The van der Waals surface area contributed by atoms with Gasteiger partial charge in [-0.15, -0.1) is 23.4 Å². The molecule has 14 heavy (non-hydrogen) atoms. The van der Waals surface area contributed by atoms with E-state index in [4.69, 9.17) is 11.6 Å². The van der Waals surface area contributed by atoms with E-state index >= 15 is 0 Å². The molecule has 0 aliphatic heterocycles. The highest BCUT2D eigenvalue weighted by Crippen LogP contribution is 2.36. The van der Waals surface area contributed by atoms with Crippen LogP contribution in [0.4, 0.5) is 0 Å². The molecule has 0 fully saturated rings. The lowest BCUT2D eigenvalue weighted by molar-refractivity contribution is -0.116. The topological polar surface area (TPSA) is 37.3 Å². The van der Waals surface area contributed by atoms with Gasteiger partial charge in [0.2, 0.25) is 0 Å². The molecular formula is C10H11ClO2S. The quantitative estimate of drug-likeness (QED) is 0.641. The first-order chi connectivity index (χ1) is 6.57. The van der Waals surface area contributed by atoms with Gasteiger partial charge in [0, 0.05) is 10.5 Å². The summed E-state index contributed by atoms with van der Waals surface area (Å²) in [7, 11) is 0. The average molecular weight is 231 g/mol. The largest absolute Gasteiger partial charge is 0.508 e. The fourth-order valence-corrected chi connectivity index (χ4v) is 2.12. The molecule has 0 amide bonds. The summed E-state index contributed by atoms with van der Waals surface area (Å²) in [5, 5.41) is 8.83. The number of carbonyl (C=O) groups is 1. The number of thioether (sulfide) groups is 1. The monoisotopic (exact) mass is 230 g/mol. The third kappa shape index (κ3) is 2.22. The van der Waals surface area contributed by atoms with Gasteiger partial charge in [0.05, 0.1) is 0 Å². The Balaban J connectivity index is 3.23. The van der Waals surface area contributed by atoms with Crippen molar-refractivity contribution in [3.63, 3.8) is 0 Å². The summed E-state index contributed by atoms with van der Waals surface area (Å²) in [5.41, 5.74) is 0.508. The number of benzene rings is 1. The van der Waals surface area contributed by atoms with Crippen LogP contribution in [0.15, 0.2) is 23.1 Å². The van der Waals surface area contributed by atoms with E-state index in [2.05, 4.69) is 0 Å². The van der Waals surface area contributed by atoms with Gasteiger partial charge < -0.3 is 5.11 Å². The molecule has 0 saturated heterocycles. The maximum Gasteiger partial charge on any atom is 0.152 e. The number of carbonyl (C=O) groups excluding carboxylic acids is 1. The second kappa shape index (κ2) is 4.71. The van der Waals surface area contributed by atoms with Crippen LogP contribution in [0, 0.1) is 0 Å². The van der Waals surface area contributed by atoms with E-state index < -0.39 is 5.38 Å². The van der Waals surface area contributed by atoms with Crippen LogP contribution in [0.5, 0.6) is 5.75 Å². The first kappa shape index (κ1) is 11.4. The van der Waals surface area contributed by atoms with Gasteiger partial charge in [-0.25, -0.2) is 0 Å². The predicted molar refractivity (Wildman–Crippen MR) is 59.2 cm³/mol. The number of hydrogen-bond acceptors (Lipinski definition) is 3. The Bertz CT molecular complexity index is 352. The maximum atomic E-state index is 11.1. The van der Waals surface area contributed by atoms with Crippen molar-refractivity contribution >= 4 is 29.1 Å². The summed E-state index contributed by atoms with van der Waals surface area (Å²) in [4.78, 5) is 11.9. The minimum Gasteiger partial charge on any atom is -0.508 e. The van der Waals surface area contributed by atoms with Crippen LogP contribution in [0.25, 0.3) is 0 Å². The Morgan fingerprint density at radius 1 is 1.57 bits per heavy atom. The van der Waals surface area contributed by atoms with E-state index in [1.165, 1.54) is 24.8 Å². The molecule has 0 saturated carbocycles. The minimum absolute atomic E-state index is 0.0760. The second-order valence-corrected chi connectivity index (χ2v) is 4.15. The van der Waals surface area contributed by atoms with Gasteiger partial charge in [-0.2, -0.15) is 0 Å². The van der Waals surface area contributed by atoms with Gasteiger partial charge in [-0.3, -0.25) is 4.79 Å². The molecule has 0 aliphatic carbocycles. The zero-order valence-corrected chi connectivity index (χ0v) is 9.52. The molecule has 1 aromatic rings. The lowest BCUT2D eigenvalue weighted by Crippen LogP contribution is -2.03. The van der Waals surface area contributed by atoms with E-state index in [1.54, 1.807) is 6.07 Å². The summed E-state index contributed by atoms with van der Waals surface area (Å²) < 4.78 is 0. The number of rotatable bonds is 3. The first-order valence-corrected chi connectivity index (χ1v) is 5.74. The number of alkyl halides is 1. The number of phenols is 1. The molecule has 2 nitrogen and oxygen atoms in total. The van der Waals surface area contributed by atoms with E-state index in [1.807, 2.05) is 12.3 Å². The van der Waals surface area contributed by atoms with Crippen molar-refractivity contribution in [1.82, 2.24) is 0 Å². The molecule has 0 aliphatic rings. The van der Waals surface area contributed by atoms with Crippen molar-refractivity contribution in [2.75, 3.05) is 6.26 Å². The molecule has 4 heteroatoms. The lowest BCUT2D eigenvalue weighted by atomic mass is 10.1. The van der Waals surface area contributed by atoms with E-state index in [0.29, 0.717) is 5.56 Å². The molecule has 0 bridgehead atoms. The molecule has 0 aromatic heterocycles. The van der Waals surface area contributed by atoms with Gasteiger partial charge in [0.1, 0.15) is 11.1 Å². The Morgan fingerprint density at radius 3 is 2.71 bits per heavy atom. The van der Waals surface area contributed by atoms with Crippen LogP contribution < -0.4 is 0 Å². The SMILES string of the molecule is CSc1cccc(O)c1C(Cl)C(C)=O. The summed E-state index contributed by atoms with van der Waals surface area (Å²) >= 11 is 7.37. The number of ketones is 1. The van der Waals surface area contributed by atoms with Gasteiger partial charge in [-0.05, 0) is 25.3 Å². The van der Waals surface area contributed by atoms with Crippen LogP contribution in [0.1, 0.15) is 17.9 Å². The van der Waals surface area contributed by atoms with Gasteiger partial charge in [0.25, 0.3) is 0 Å². The normalized spacial score (nSPS) is 12.5. The Kier molecular flexibility index (Phi) is 3.84. The minimum atomic E-state index is -0.765. The van der Waals surface area contributed by atoms with Crippen LogP contribution in [0.3, 0.4) is 0 Å². The van der Waals surface area contributed by atoms with Crippen molar-refractivity contribution in [3.05, 3.63) is 23.8 Å². The number of hydrogen-bond donors (Lipinski definition) is 1. The lowest BCUT2D eigenvalue weighted by Gasteiger charge is -2.12. The molecule has 1 atom stereocenters.